The molecule has 0 fully saturated rings. The molecule has 0 saturated carbocycles. The quantitative estimate of drug-likeness (QED) is 0.167. The number of fused-ring (bicyclic) bond motifs is 38. The topological polar surface area (TPSA) is 45.5 Å². The number of hydrogen-bond donors (Lipinski definition) is 0. The van der Waals surface area contributed by atoms with Gasteiger partial charge in [0.1, 0.15) is 0 Å². The fraction of sp³-hybridized carbons (Fsp3) is 0. The van der Waals surface area contributed by atoms with Crippen LogP contribution >= 0.6 is 22.7 Å². The summed E-state index contributed by atoms with van der Waals surface area (Å²) in [5.74, 6) is 0. The molecule has 0 radical (unpaired) electrons. The first-order chi connectivity index (χ1) is 66.5. The number of rotatable bonds is 6. The van der Waals surface area contributed by atoms with Crippen molar-refractivity contribution in [3.8, 4) is 134 Å². The van der Waals surface area contributed by atoms with Crippen molar-refractivity contribution < 1.29 is 0 Å². The van der Waals surface area contributed by atoms with Crippen molar-refractivity contribution in [2.24, 2.45) is 0 Å². The Kier molecular flexibility index (Phi) is 16.3. The summed E-state index contributed by atoms with van der Waals surface area (Å²) in [5, 5.41) is 17.4. The number of thiophene rings is 2. The van der Waals surface area contributed by atoms with Crippen LogP contribution in [0.25, 0.3) is 283 Å². The molecule has 2 aliphatic carbocycles. The van der Waals surface area contributed by atoms with Crippen LogP contribution in [0.15, 0.2) is 449 Å². The molecule has 0 amide bonds. The predicted molar refractivity (Wildman–Crippen MR) is 568 cm³/mol. The summed E-state index contributed by atoms with van der Waals surface area (Å²) in [4.78, 5) is 10.2. The Hall–Kier alpha value is -17.1. The summed E-state index contributed by atoms with van der Waals surface area (Å²) in [7, 11) is 0. The summed E-state index contributed by atoms with van der Waals surface area (Å²) in [6.45, 7) is 0. The van der Waals surface area contributed by atoms with Gasteiger partial charge in [-0.3, -0.25) is 9.97 Å². The second-order valence-electron chi connectivity index (χ2n) is 35.7. The number of benzene rings is 20. The molecule has 28 aromatic rings. The minimum absolute atomic E-state index is 0.990. The van der Waals surface area contributed by atoms with Crippen molar-refractivity contribution in [2.75, 3.05) is 0 Å². The van der Waals surface area contributed by atoms with E-state index in [0.29, 0.717) is 0 Å². The van der Waals surface area contributed by atoms with E-state index >= 15 is 0 Å². The maximum Gasteiger partial charge on any atom is 0.0786 e. The average Bonchev–Trinajstić information content (AvgIpc) is 0.993. The Bertz CT molecular complexity index is 9850. The molecule has 8 heterocycles. The Morgan fingerprint density at radius 1 is 0.157 bits per heavy atom. The first kappa shape index (κ1) is 74.8. The maximum atomic E-state index is 5.19. The van der Waals surface area contributed by atoms with Gasteiger partial charge in [0, 0.05) is 140 Å². The third kappa shape index (κ3) is 11.2. The van der Waals surface area contributed by atoms with Gasteiger partial charge in [-0.25, -0.2) is 0 Å². The van der Waals surface area contributed by atoms with Crippen molar-refractivity contribution in [3.05, 3.63) is 449 Å². The van der Waals surface area contributed by atoms with Crippen LogP contribution in [0.2, 0.25) is 0 Å². The molecular formula is C126H74N6S2. The molecule has 0 unspecified atom stereocenters. The van der Waals surface area contributed by atoms with E-state index in [1.54, 1.807) is 0 Å². The van der Waals surface area contributed by atoms with Gasteiger partial charge in [0.15, 0.2) is 0 Å². The van der Waals surface area contributed by atoms with E-state index in [0.717, 1.165) is 83.4 Å². The minimum atomic E-state index is 0.990. The van der Waals surface area contributed by atoms with E-state index in [1.165, 1.54) is 200 Å². The van der Waals surface area contributed by atoms with Gasteiger partial charge in [0.05, 0.1) is 55.2 Å². The van der Waals surface area contributed by atoms with E-state index in [1.807, 2.05) is 47.2 Å². The molecule has 30 rings (SSSR count). The normalized spacial score (nSPS) is 12.2. The highest BCUT2D eigenvalue weighted by atomic mass is 32.1. The van der Waals surface area contributed by atoms with E-state index in [-0.39, 0.29) is 0 Å². The van der Waals surface area contributed by atoms with Gasteiger partial charge in [-0.1, -0.05) is 279 Å². The zero-order valence-corrected chi connectivity index (χ0v) is 73.9. The Labute approximate surface area is 777 Å². The fourth-order valence-corrected chi connectivity index (χ4v) is 24.9. The highest BCUT2D eigenvalue weighted by molar-refractivity contribution is 7.26. The Morgan fingerprint density at radius 2 is 0.425 bits per heavy atom. The van der Waals surface area contributed by atoms with E-state index in [4.69, 9.17) is 9.97 Å². The first-order valence-electron chi connectivity index (χ1n) is 45.9. The largest absolute Gasteiger partial charge is 0.309 e. The van der Waals surface area contributed by atoms with Crippen molar-refractivity contribution in [1.82, 2.24) is 28.2 Å². The summed E-state index contributed by atoms with van der Waals surface area (Å²) in [5.41, 5.74) is 39.9. The second kappa shape index (κ2) is 29.2. The van der Waals surface area contributed by atoms with Crippen LogP contribution in [0.5, 0.6) is 0 Å². The standard InChI is InChI=1S/C75H45N5.C51H29NS2/c1-2-24-60-51(17-1)62-42-47(79-70-29-13-7-22-58(70)64-44-49(34-39-72(64)79)77-66-25-9-3-18-54(66)55-19-4-10-26-67(55)77)32-37-52(62)53-38-33-48(43-63(53)61-36-31-46-16-15-41-76-75(46)74(60)61)80-71-30-14-8-23-59(71)65-45-50(35-40-73(65)80)78-68-27-11-5-20-56(68)57-21-6-12-28-69(57)78;1-2-12-40-35(9-1)42-26-31(33-18-23-48-44(28-33)38-10-3-5-13-46(38)53-48)16-20-36(42)37-21-17-32(27-43(37)41-22-15-30-8-7-25-52-51(30)50(40)41)34-19-24-49-45(29-34)39-11-4-6-14-47(39)54-49/h1-45H;1-29H. The van der Waals surface area contributed by atoms with Gasteiger partial charge in [-0.15, -0.1) is 22.7 Å². The minimum Gasteiger partial charge on any atom is -0.309 e. The van der Waals surface area contributed by atoms with Gasteiger partial charge in [-0.05, 0) is 258 Å². The number of para-hydroxylation sites is 6. The van der Waals surface area contributed by atoms with Crippen LogP contribution in [0.1, 0.15) is 0 Å². The molecule has 0 atom stereocenters. The molecule has 0 spiro atoms. The highest BCUT2D eigenvalue weighted by Crippen LogP contribution is 2.56. The van der Waals surface area contributed by atoms with Crippen molar-refractivity contribution >= 4 is 172 Å². The lowest BCUT2D eigenvalue weighted by Gasteiger charge is -2.25. The molecule has 8 heteroatoms. The van der Waals surface area contributed by atoms with Gasteiger partial charge in [0.25, 0.3) is 0 Å². The van der Waals surface area contributed by atoms with E-state index in [2.05, 4.69) is 443 Å². The van der Waals surface area contributed by atoms with Gasteiger partial charge < -0.3 is 18.3 Å². The molecule has 0 aliphatic heterocycles. The van der Waals surface area contributed by atoms with Crippen LogP contribution in [0.4, 0.5) is 0 Å². The maximum absolute atomic E-state index is 5.19. The van der Waals surface area contributed by atoms with Crippen LogP contribution in [-0.4, -0.2) is 28.2 Å². The number of aromatic nitrogens is 6. The fourth-order valence-electron chi connectivity index (χ4n) is 22.7. The first-order valence-corrected chi connectivity index (χ1v) is 47.5. The van der Waals surface area contributed by atoms with E-state index in [9.17, 15) is 0 Å². The van der Waals surface area contributed by atoms with Crippen LogP contribution in [0.3, 0.4) is 0 Å². The summed E-state index contributed by atoms with van der Waals surface area (Å²) in [6, 6.07) is 162. The van der Waals surface area contributed by atoms with Crippen molar-refractivity contribution in [3.63, 3.8) is 0 Å². The molecule has 2 aliphatic rings. The van der Waals surface area contributed by atoms with E-state index < -0.39 is 0 Å². The van der Waals surface area contributed by atoms with Crippen LogP contribution in [0, 0.1) is 0 Å². The van der Waals surface area contributed by atoms with Crippen LogP contribution in [-0.2, 0) is 0 Å². The number of hydrogen-bond acceptors (Lipinski definition) is 4. The Morgan fingerprint density at radius 3 is 0.828 bits per heavy atom. The molecular weight excluding hydrogens is 1660 g/mol. The predicted octanol–water partition coefficient (Wildman–Crippen LogP) is 34.9. The molecule has 134 heavy (non-hydrogen) atoms. The lowest BCUT2D eigenvalue weighted by Crippen LogP contribution is -2.02. The van der Waals surface area contributed by atoms with Crippen molar-refractivity contribution in [1.29, 1.82) is 0 Å². The molecule has 0 bridgehead atoms. The summed E-state index contributed by atoms with van der Waals surface area (Å²) < 4.78 is 15.1. The lowest BCUT2D eigenvalue weighted by atomic mass is 9.78. The third-order valence-corrected chi connectivity index (χ3v) is 31.0. The second-order valence-corrected chi connectivity index (χ2v) is 37.8. The summed E-state index contributed by atoms with van der Waals surface area (Å²) in [6.07, 6.45) is 3.87. The smallest absolute Gasteiger partial charge is 0.0786 e. The zero-order chi connectivity index (χ0) is 87.5. The van der Waals surface area contributed by atoms with Gasteiger partial charge >= 0.3 is 0 Å². The molecule has 0 N–H and O–H groups in total. The SMILES string of the molecule is c1ccc2c(c1)-c1cc(-c3ccc4sc5ccccc5c4c3)ccc1-c1ccc(-c3ccc4sc5ccccc5c4c3)cc1-c1ccc3cccnc3c1-2.c1ccc2c(c1)-c1cc(-n3c4ccccc4c4cc(-n5c6ccccc6c6ccccc65)ccc43)ccc1-c1ccc(-n3c4ccccc4c4cc(-n5c6ccccc6c6ccccc65)ccc43)cc1-c1ccc3cccnc3c1-2. The number of nitrogens with zero attached hydrogens (tertiary/aromatic N) is 6. The number of pyridine rings is 2. The van der Waals surface area contributed by atoms with Crippen molar-refractivity contribution in [2.45, 2.75) is 0 Å². The van der Waals surface area contributed by atoms with Crippen LogP contribution < -0.4 is 0 Å². The zero-order valence-electron chi connectivity index (χ0n) is 72.2. The molecule has 20 aromatic carbocycles. The Balaban J connectivity index is 0.000000141. The molecule has 6 nitrogen and oxygen atoms in total. The third-order valence-electron chi connectivity index (χ3n) is 28.7. The monoisotopic (exact) mass is 1730 g/mol. The highest BCUT2D eigenvalue weighted by Gasteiger charge is 2.31. The average molecular weight is 1740 g/mol. The molecule has 620 valence electrons. The van der Waals surface area contributed by atoms with Gasteiger partial charge in [0.2, 0.25) is 0 Å². The molecule has 8 aromatic heterocycles. The molecule has 0 saturated heterocycles. The van der Waals surface area contributed by atoms with Gasteiger partial charge in [-0.2, -0.15) is 0 Å². The lowest BCUT2D eigenvalue weighted by molar-refractivity contribution is 1.16. The summed E-state index contributed by atoms with van der Waals surface area (Å²) >= 11 is 3.73.